The number of hydrogen-bond acceptors (Lipinski definition) is 7. The van der Waals surface area contributed by atoms with Crippen LogP contribution in [0.5, 0.6) is 11.8 Å². The van der Waals surface area contributed by atoms with Crippen molar-refractivity contribution >= 4 is 0 Å². The van der Waals surface area contributed by atoms with Crippen molar-refractivity contribution in [3.63, 3.8) is 0 Å². The van der Waals surface area contributed by atoms with Gasteiger partial charge in [0.25, 0.3) is 0 Å². The smallest absolute Gasteiger partial charge is 0.237 e. The minimum Gasteiger partial charge on any atom is -0.480 e. The molecule has 2 rings (SSSR count). The maximum Gasteiger partial charge on any atom is 0.237 e. The molecule has 0 aromatic carbocycles. The van der Waals surface area contributed by atoms with Gasteiger partial charge in [-0.1, -0.05) is 6.92 Å². The van der Waals surface area contributed by atoms with E-state index in [-0.39, 0.29) is 6.04 Å². The molecule has 0 amide bonds. The number of methoxy groups -OCH3 is 2. The second-order valence-electron chi connectivity index (χ2n) is 4.34. The Balaban J connectivity index is 2.36. The van der Waals surface area contributed by atoms with Crippen LogP contribution in [-0.2, 0) is 0 Å². The first-order valence-corrected chi connectivity index (χ1v) is 6.76. The SMILES string of the molecule is CCCNC(c1ccc(OC)nn1)c1nccnc1OC. The Morgan fingerprint density at radius 2 is 1.90 bits per heavy atom. The second-order valence-corrected chi connectivity index (χ2v) is 4.34. The van der Waals surface area contributed by atoms with Crippen molar-refractivity contribution in [2.45, 2.75) is 19.4 Å². The zero-order valence-corrected chi connectivity index (χ0v) is 12.4. The van der Waals surface area contributed by atoms with Crippen LogP contribution in [0, 0.1) is 0 Å². The van der Waals surface area contributed by atoms with Crippen molar-refractivity contribution in [3.05, 3.63) is 35.9 Å². The van der Waals surface area contributed by atoms with E-state index in [0.717, 1.165) is 18.7 Å². The number of hydrogen-bond donors (Lipinski definition) is 1. The number of nitrogens with zero attached hydrogens (tertiary/aromatic N) is 4. The van der Waals surface area contributed by atoms with E-state index in [0.29, 0.717) is 17.5 Å². The number of rotatable bonds is 7. The van der Waals surface area contributed by atoms with Crippen molar-refractivity contribution in [2.24, 2.45) is 0 Å². The fourth-order valence-corrected chi connectivity index (χ4v) is 1.91. The van der Waals surface area contributed by atoms with Gasteiger partial charge < -0.3 is 14.8 Å². The molecule has 21 heavy (non-hydrogen) atoms. The highest BCUT2D eigenvalue weighted by atomic mass is 16.5. The van der Waals surface area contributed by atoms with Crippen LogP contribution in [0.15, 0.2) is 24.5 Å². The minimum atomic E-state index is -0.230. The molecule has 0 aliphatic rings. The van der Waals surface area contributed by atoms with E-state index < -0.39 is 0 Å². The maximum atomic E-state index is 5.29. The summed E-state index contributed by atoms with van der Waals surface area (Å²) < 4.78 is 10.3. The zero-order valence-electron chi connectivity index (χ0n) is 12.4. The largest absolute Gasteiger partial charge is 0.480 e. The molecular formula is C14H19N5O2. The predicted octanol–water partition coefficient (Wildman–Crippen LogP) is 1.37. The summed E-state index contributed by atoms with van der Waals surface area (Å²) >= 11 is 0. The van der Waals surface area contributed by atoms with Crippen molar-refractivity contribution in [3.8, 4) is 11.8 Å². The van der Waals surface area contributed by atoms with Gasteiger partial charge in [0.15, 0.2) is 0 Å². The van der Waals surface area contributed by atoms with E-state index in [9.17, 15) is 0 Å². The fraction of sp³-hybridized carbons (Fsp3) is 0.429. The van der Waals surface area contributed by atoms with Gasteiger partial charge in [-0.3, -0.25) is 4.98 Å². The molecule has 2 aromatic rings. The monoisotopic (exact) mass is 289 g/mol. The zero-order chi connectivity index (χ0) is 15.1. The molecule has 1 atom stereocenters. The van der Waals surface area contributed by atoms with Crippen molar-refractivity contribution in [1.29, 1.82) is 0 Å². The van der Waals surface area contributed by atoms with Crippen molar-refractivity contribution in [1.82, 2.24) is 25.5 Å². The molecule has 1 N–H and O–H groups in total. The van der Waals surface area contributed by atoms with Crippen LogP contribution >= 0.6 is 0 Å². The summed E-state index contributed by atoms with van der Waals surface area (Å²) in [4.78, 5) is 8.56. The van der Waals surface area contributed by atoms with Crippen LogP contribution < -0.4 is 14.8 Å². The Hall–Kier alpha value is -2.28. The highest BCUT2D eigenvalue weighted by molar-refractivity contribution is 5.29. The van der Waals surface area contributed by atoms with E-state index in [2.05, 4.69) is 32.4 Å². The average Bonchev–Trinajstić information content (AvgIpc) is 2.56. The second kappa shape index (κ2) is 7.49. The van der Waals surface area contributed by atoms with Crippen LogP contribution in [-0.4, -0.2) is 40.9 Å². The highest BCUT2D eigenvalue weighted by Crippen LogP contribution is 2.25. The lowest BCUT2D eigenvalue weighted by Crippen LogP contribution is -2.26. The van der Waals surface area contributed by atoms with Crippen molar-refractivity contribution in [2.75, 3.05) is 20.8 Å². The summed E-state index contributed by atoms with van der Waals surface area (Å²) in [5.74, 6) is 0.947. The third-order valence-corrected chi connectivity index (χ3v) is 2.92. The Bertz CT molecular complexity index is 562. The number of aromatic nitrogens is 4. The molecule has 2 heterocycles. The van der Waals surface area contributed by atoms with Crippen LogP contribution in [0.2, 0.25) is 0 Å². The number of nitrogens with one attached hydrogen (secondary N) is 1. The standard InChI is InChI=1S/C14H19N5O2/c1-4-7-15-12(10-5-6-11(20-2)19-18-10)13-14(21-3)17-9-8-16-13/h5-6,8-9,12,15H,4,7H2,1-3H3. The Labute approximate surface area is 123 Å². The third-order valence-electron chi connectivity index (χ3n) is 2.92. The summed E-state index contributed by atoms with van der Waals surface area (Å²) in [6.07, 6.45) is 4.22. The van der Waals surface area contributed by atoms with Gasteiger partial charge in [0, 0.05) is 18.5 Å². The summed E-state index contributed by atoms with van der Waals surface area (Å²) in [5.41, 5.74) is 1.43. The van der Waals surface area contributed by atoms with Crippen molar-refractivity contribution < 1.29 is 9.47 Å². The topological polar surface area (TPSA) is 82.0 Å². The van der Waals surface area contributed by atoms with E-state index in [1.54, 1.807) is 32.7 Å². The normalized spacial score (nSPS) is 12.0. The first-order valence-electron chi connectivity index (χ1n) is 6.76. The first-order chi connectivity index (χ1) is 10.3. The molecular weight excluding hydrogens is 270 g/mol. The minimum absolute atomic E-state index is 0.230. The van der Waals surface area contributed by atoms with Gasteiger partial charge >= 0.3 is 0 Å². The lowest BCUT2D eigenvalue weighted by atomic mass is 10.1. The van der Waals surface area contributed by atoms with Crippen LogP contribution in [0.25, 0.3) is 0 Å². The van der Waals surface area contributed by atoms with Gasteiger partial charge in [-0.2, -0.15) is 0 Å². The summed E-state index contributed by atoms with van der Waals surface area (Å²) in [5, 5.41) is 11.6. The molecule has 112 valence electrons. The lowest BCUT2D eigenvalue weighted by Gasteiger charge is -2.18. The lowest BCUT2D eigenvalue weighted by molar-refractivity contribution is 0.379. The van der Waals surface area contributed by atoms with Gasteiger partial charge in [0.1, 0.15) is 5.69 Å². The van der Waals surface area contributed by atoms with E-state index in [4.69, 9.17) is 9.47 Å². The van der Waals surface area contributed by atoms with Gasteiger partial charge in [-0.05, 0) is 19.0 Å². The molecule has 0 bridgehead atoms. The number of ether oxygens (including phenoxy) is 2. The molecule has 0 radical (unpaired) electrons. The molecule has 0 aliphatic carbocycles. The molecule has 0 saturated heterocycles. The van der Waals surface area contributed by atoms with Gasteiger partial charge in [0.05, 0.1) is 26.0 Å². The third kappa shape index (κ3) is 3.63. The molecule has 7 nitrogen and oxygen atoms in total. The highest BCUT2D eigenvalue weighted by Gasteiger charge is 2.21. The van der Waals surface area contributed by atoms with E-state index in [1.165, 1.54) is 0 Å². The molecule has 2 aromatic heterocycles. The van der Waals surface area contributed by atoms with E-state index in [1.807, 2.05) is 6.07 Å². The molecule has 7 heteroatoms. The Morgan fingerprint density at radius 3 is 2.52 bits per heavy atom. The average molecular weight is 289 g/mol. The molecule has 0 fully saturated rings. The molecule has 0 spiro atoms. The van der Waals surface area contributed by atoms with Gasteiger partial charge in [0.2, 0.25) is 11.8 Å². The molecule has 1 unspecified atom stereocenters. The Morgan fingerprint density at radius 1 is 1.10 bits per heavy atom. The maximum absolute atomic E-state index is 5.29. The van der Waals surface area contributed by atoms with Gasteiger partial charge in [-0.25, -0.2) is 4.98 Å². The van der Waals surface area contributed by atoms with Gasteiger partial charge in [-0.15, -0.1) is 10.2 Å². The van der Waals surface area contributed by atoms with Crippen LogP contribution in [0.4, 0.5) is 0 Å². The Kier molecular flexibility index (Phi) is 5.39. The predicted molar refractivity (Wildman–Crippen MR) is 77.3 cm³/mol. The summed E-state index contributed by atoms with van der Waals surface area (Å²) in [6, 6.07) is 3.39. The molecule has 0 aliphatic heterocycles. The summed E-state index contributed by atoms with van der Waals surface area (Å²) in [7, 11) is 3.13. The molecule has 0 saturated carbocycles. The first kappa shape index (κ1) is 15.1. The fourth-order valence-electron chi connectivity index (χ4n) is 1.91. The summed E-state index contributed by atoms with van der Waals surface area (Å²) in [6.45, 7) is 2.91. The quantitative estimate of drug-likeness (QED) is 0.824. The van der Waals surface area contributed by atoms with E-state index >= 15 is 0 Å². The van der Waals surface area contributed by atoms with Crippen LogP contribution in [0.1, 0.15) is 30.8 Å². The van der Waals surface area contributed by atoms with Crippen LogP contribution in [0.3, 0.4) is 0 Å².